The van der Waals surface area contributed by atoms with E-state index in [0.29, 0.717) is 24.8 Å². The van der Waals surface area contributed by atoms with E-state index in [2.05, 4.69) is 15.8 Å². The van der Waals surface area contributed by atoms with E-state index in [4.69, 9.17) is 21.1 Å². The highest BCUT2D eigenvalue weighted by molar-refractivity contribution is 6.30. The molecule has 2 bridgehead atoms. The number of nitrogens with zero attached hydrogens (tertiary/aromatic N) is 1. The van der Waals surface area contributed by atoms with Gasteiger partial charge in [-0.05, 0) is 49.6 Å². The van der Waals surface area contributed by atoms with Crippen LogP contribution < -0.4 is 20.1 Å². The molecule has 11 heteroatoms. The Morgan fingerprint density at radius 2 is 1.88 bits per heavy atom. The van der Waals surface area contributed by atoms with Crippen LogP contribution >= 0.6 is 11.6 Å². The molecule has 2 aromatic carbocycles. The van der Waals surface area contributed by atoms with Gasteiger partial charge in [0.15, 0.2) is 12.7 Å². The number of ether oxygens (including phenoxy) is 2. The second-order valence-electron chi connectivity index (χ2n) is 8.99. The first-order valence-electron chi connectivity index (χ1n) is 10.6. The molecule has 1 aliphatic heterocycles. The molecule has 0 saturated heterocycles. The fourth-order valence-electron chi connectivity index (χ4n) is 4.99. The molecule has 4 aliphatic rings. The Labute approximate surface area is 197 Å². The minimum atomic E-state index is -0.920. The summed E-state index contributed by atoms with van der Waals surface area (Å²) in [6, 6.07) is 7.71. The Kier molecular flexibility index (Phi) is 5.35. The van der Waals surface area contributed by atoms with Crippen LogP contribution in [0, 0.1) is 11.6 Å². The van der Waals surface area contributed by atoms with E-state index in [1.807, 2.05) is 0 Å². The second kappa shape index (κ2) is 8.12. The molecule has 1 unspecified atom stereocenters. The third-order valence-electron chi connectivity index (χ3n) is 6.40. The molecule has 1 heterocycles. The van der Waals surface area contributed by atoms with Crippen molar-refractivity contribution in [3.05, 3.63) is 58.6 Å². The normalized spacial score (nSPS) is 27.5. The average molecular weight is 492 g/mol. The molecule has 3 saturated carbocycles. The molecule has 2 aromatic rings. The molecule has 0 spiro atoms. The molecular formula is C23H20ClF2N3O5. The van der Waals surface area contributed by atoms with Gasteiger partial charge in [-0.25, -0.2) is 8.78 Å². The van der Waals surface area contributed by atoms with Crippen LogP contribution in [0.3, 0.4) is 0 Å². The number of rotatable bonds is 6. The van der Waals surface area contributed by atoms with Crippen molar-refractivity contribution >= 4 is 29.1 Å². The number of fused-ring (bicyclic) bond motifs is 1. The molecule has 3 fully saturated rings. The lowest BCUT2D eigenvalue weighted by atomic mass is 9.44. The fourth-order valence-corrected chi connectivity index (χ4v) is 5.11. The third kappa shape index (κ3) is 4.02. The van der Waals surface area contributed by atoms with Crippen molar-refractivity contribution in [2.24, 2.45) is 5.16 Å². The number of carbonyl (C=O) groups excluding carboxylic acids is 2. The zero-order valence-corrected chi connectivity index (χ0v) is 18.5. The number of benzene rings is 2. The maximum Gasteiger partial charge on any atom is 0.261 e. The number of nitrogens with one attached hydrogen (secondary N) is 2. The molecule has 34 heavy (non-hydrogen) atoms. The van der Waals surface area contributed by atoms with E-state index in [1.54, 1.807) is 0 Å². The van der Waals surface area contributed by atoms with E-state index in [-0.39, 0.29) is 47.1 Å². The van der Waals surface area contributed by atoms with Crippen molar-refractivity contribution in [1.29, 1.82) is 0 Å². The van der Waals surface area contributed by atoms with Crippen LogP contribution in [0.5, 0.6) is 11.5 Å². The molecule has 3 aliphatic carbocycles. The lowest BCUT2D eigenvalue weighted by Crippen LogP contribution is -2.84. The van der Waals surface area contributed by atoms with Gasteiger partial charge in [-0.15, -0.1) is 0 Å². The monoisotopic (exact) mass is 491 g/mol. The van der Waals surface area contributed by atoms with E-state index in [0.717, 1.165) is 6.07 Å². The number of halogens is 3. The maximum absolute atomic E-state index is 13.5. The third-order valence-corrected chi connectivity index (χ3v) is 6.70. The average Bonchev–Trinajstić information content (AvgIpc) is 2.76. The summed E-state index contributed by atoms with van der Waals surface area (Å²) in [5.41, 5.74) is -0.369. The molecule has 178 valence electrons. The first kappa shape index (κ1) is 22.4. The smallest absolute Gasteiger partial charge is 0.261 e. The number of carbonyl (C=O) groups is 2. The number of hydrogen-bond acceptors (Lipinski definition) is 6. The largest absolute Gasteiger partial charge is 0.484 e. The van der Waals surface area contributed by atoms with Gasteiger partial charge < -0.3 is 25.3 Å². The van der Waals surface area contributed by atoms with Gasteiger partial charge in [0.25, 0.3) is 11.8 Å². The predicted octanol–water partition coefficient (Wildman–Crippen LogP) is 2.93. The Balaban J connectivity index is 1.12. The topological polar surface area (TPSA) is 109 Å². The van der Waals surface area contributed by atoms with Crippen molar-refractivity contribution < 1.29 is 33.1 Å². The predicted molar refractivity (Wildman–Crippen MR) is 116 cm³/mol. The zero-order chi connectivity index (χ0) is 24.1. The summed E-state index contributed by atoms with van der Waals surface area (Å²) in [7, 11) is 0. The number of hydrogen-bond donors (Lipinski definition) is 3. The highest BCUT2D eigenvalue weighted by Crippen LogP contribution is 2.60. The van der Waals surface area contributed by atoms with Crippen LogP contribution in [0.4, 0.5) is 8.78 Å². The first-order chi connectivity index (χ1) is 16.2. The summed E-state index contributed by atoms with van der Waals surface area (Å²) in [6.07, 6.45) is 0.754. The van der Waals surface area contributed by atoms with E-state index in [9.17, 15) is 23.6 Å². The van der Waals surface area contributed by atoms with Crippen molar-refractivity contribution in [2.75, 3.05) is 6.61 Å². The minimum absolute atomic E-state index is 0.000618. The van der Waals surface area contributed by atoms with E-state index < -0.39 is 28.8 Å². The van der Waals surface area contributed by atoms with Gasteiger partial charge in [-0.2, -0.15) is 0 Å². The Morgan fingerprint density at radius 1 is 1.15 bits per heavy atom. The van der Waals surface area contributed by atoms with Gasteiger partial charge in [0.1, 0.15) is 23.1 Å². The number of amides is 2. The lowest BCUT2D eigenvalue weighted by molar-refractivity contribution is -0.153. The molecule has 2 amide bonds. The van der Waals surface area contributed by atoms with E-state index >= 15 is 0 Å². The van der Waals surface area contributed by atoms with Gasteiger partial charge in [0.2, 0.25) is 0 Å². The van der Waals surface area contributed by atoms with Gasteiger partial charge in [-0.3, -0.25) is 9.59 Å². The highest BCUT2D eigenvalue weighted by Gasteiger charge is 2.69. The summed E-state index contributed by atoms with van der Waals surface area (Å²) in [5, 5.41) is 18.3. The van der Waals surface area contributed by atoms with E-state index in [1.165, 1.54) is 30.3 Å². The van der Waals surface area contributed by atoms with Crippen LogP contribution in [0.25, 0.3) is 0 Å². The zero-order valence-electron chi connectivity index (χ0n) is 17.7. The van der Waals surface area contributed by atoms with Gasteiger partial charge in [0, 0.05) is 29.1 Å². The van der Waals surface area contributed by atoms with Crippen LogP contribution in [-0.4, -0.2) is 46.5 Å². The SMILES string of the molecule is O=C(COc1ccc(Cl)c(F)c1)NC12CC(NC(=O)C3CC(=NO)c4cc(F)ccc4O3)(C1)C2. The molecular weight excluding hydrogens is 472 g/mol. The van der Waals surface area contributed by atoms with Crippen molar-refractivity contribution in [2.45, 2.75) is 42.9 Å². The Hall–Kier alpha value is -3.40. The van der Waals surface area contributed by atoms with Crippen molar-refractivity contribution in [3.63, 3.8) is 0 Å². The molecule has 8 nitrogen and oxygen atoms in total. The summed E-state index contributed by atoms with van der Waals surface area (Å²) in [6.45, 7) is -0.276. The molecule has 1 atom stereocenters. The summed E-state index contributed by atoms with van der Waals surface area (Å²) >= 11 is 5.63. The van der Waals surface area contributed by atoms with Crippen LogP contribution in [0.2, 0.25) is 5.02 Å². The Bertz CT molecular complexity index is 1200. The minimum Gasteiger partial charge on any atom is -0.484 e. The molecule has 6 rings (SSSR count). The standard InChI is InChI=1S/C23H20ClF2N3O5/c24-15-3-2-13(6-16(15)26)33-8-20(30)27-22-9-23(10-22,11-22)28-21(31)19-7-17(29-32)14-5-12(25)1-4-18(14)34-19/h1-6,19,32H,7-11H2,(H,27,30)(H,28,31). The molecule has 0 aromatic heterocycles. The van der Waals surface area contributed by atoms with Crippen LogP contribution in [0.1, 0.15) is 31.2 Å². The maximum atomic E-state index is 13.5. The van der Waals surface area contributed by atoms with Gasteiger partial charge in [0.05, 0.1) is 10.7 Å². The highest BCUT2D eigenvalue weighted by atomic mass is 35.5. The molecule has 0 radical (unpaired) electrons. The van der Waals surface area contributed by atoms with Crippen molar-refractivity contribution in [1.82, 2.24) is 10.6 Å². The second-order valence-corrected chi connectivity index (χ2v) is 9.40. The summed E-state index contributed by atoms with van der Waals surface area (Å²) in [5.74, 6) is -1.39. The van der Waals surface area contributed by atoms with Crippen molar-refractivity contribution in [3.8, 4) is 11.5 Å². The molecule has 3 N–H and O–H groups in total. The number of oxime groups is 1. The van der Waals surface area contributed by atoms with Gasteiger partial charge in [-0.1, -0.05) is 16.8 Å². The summed E-state index contributed by atoms with van der Waals surface area (Å²) in [4.78, 5) is 25.1. The lowest BCUT2D eigenvalue weighted by Gasteiger charge is -2.70. The van der Waals surface area contributed by atoms with Crippen LogP contribution in [0.15, 0.2) is 41.6 Å². The van der Waals surface area contributed by atoms with Crippen LogP contribution in [-0.2, 0) is 9.59 Å². The quantitative estimate of drug-likeness (QED) is 0.425. The summed E-state index contributed by atoms with van der Waals surface area (Å²) < 4.78 is 38.0. The first-order valence-corrected chi connectivity index (χ1v) is 11.0. The fraction of sp³-hybridized carbons (Fsp3) is 0.348. The Morgan fingerprint density at radius 3 is 2.59 bits per heavy atom. The van der Waals surface area contributed by atoms with Gasteiger partial charge >= 0.3 is 0 Å².